The summed E-state index contributed by atoms with van der Waals surface area (Å²) in [5, 5.41) is 0. The number of benzene rings is 1. The number of aryl methyl sites for hydroxylation is 1. The third-order valence-corrected chi connectivity index (χ3v) is 2.14. The fourth-order valence-corrected chi connectivity index (χ4v) is 1.25. The van der Waals surface area contributed by atoms with Crippen molar-refractivity contribution >= 4 is 11.8 Å². The Morgan fingerprint density at radius 1 is 1.16 bits per heavy atom. The number of carbonyl (C=O) groups excluding carboxylic acids is 2. The largest absolute Gasteiger partial charge is 0.484 e. The molecule has 0 heterocycles. The van der Waals surface area contributed by atoms with E-state index in [1.807, 2.05) is 19.1 Å². The third-order valence-electron chi connectivity index (χ3n) is 2.14. The molecule has 0 atom stereocenters. The van der Waals surface area contributed by atoms with Gasteiger partial charge in [0.15, 0.2) is 6.61 Å². The van der Waals surface area contributed by atoms with Crippen molar-refractivity contribution in [1.82, 2.24) is 10.9 Å². The van der Waals surface area contributed by atoms with E-state index in [2.05, 4.69) is 10.9 Å². The van der Waals surface area contributed by atoms with E-state index < -0.39 is 5.91 Å². The van der Waals surface area contributed by atoms with Gasteiger partial charge in [0.25, 0.3) is 11.8 Å². The molecule has 1 aromatic rings. The molecule has 1 rings (SSSR count). The first kappa shape index (κ1) is 14.8. The van der Waals surface area contributed by atoms with E-state index in [-0.39, 0.29) is 12.5 Å². The maximum atomic E-state index is 11.4. The van der Waals surface area contributed by atoms with Crippen LogP contribution in [0.3, 0.4) is 0 Å². The summed E-state index contributed by atoms with van der Waals surface area (Å²) in [5.41, 5.74) is 6.49. The molecule has 0 saturated carbocycles. The van der Waals surface area contributed by atoms with Crippen LogP contribution in [0.5, 0.6) is 5.75 Å². The van der Waals surface area contributed by atoms with Gasteiger partial charge in [0.05, 0.1) is 0 Å². The molecule has 0 bridgehead atoms. The number of nitrogens with one attached hydrogen (secondary N) is 2. The fraction of sp³-hybridized carbons (Fsp3) is 0.286. The van der Waals surface area contributed by atoms with Gasteiger partial charge in [0.2, 0.25) is 0 Å². The molecular weight excluding hydrogens is 244 g/mol. The van der Waals surface area contributed by atoms with E-state index in [0.717, 1.165) is 11.1 Å². The zero-order valence-corrected chi connectivity index (χ0v) is 11.3. The van der Waals surface area contributed by atoms with Crippen LogP contribution >= 0.6 is 0 Å². The second kappa shape index (κ2) is 7.20. The van der Waals surface area contributed by atoms with E-state index >= 15 is 0 Å². The van der Waals surface area contributed by atoms with Crippen molar-refractivity contribution in [1.29, 1.82) is 0 Å². The topological polar surface area (TPSA) is 67.4 Å². The highest BCUT2D eigenvalue weighted by Gasteiger charge is 2.03. The van der Waals surface area contributed by atoms with Crippen LogP contribution in [-0.4, -0.2) is 18.4 Å². The van der Waals surface area contributed by atoms with E-state index in [1.54, 1.807) is 26.0 Å². The second-order valence-corrected chi connectivity index (χ2v) is 4.36. The molecule has 5 heteroatoms. The highest BCUT2D eigenvalue weighted by atomic mass is 16.5. The molecule has 102 valence electrons. The second-order valence-electron chi connectivity index (χ2n) is 4.36. The van der Waals surface area contributed by atoms with Crippen LogP contribution in [-0.2, 0) is 9.59 Å². The number of hydrogen-bond acceptors (Lipinski definition) is 3. The number of hydrazine groups is 1. The van der Waals surface area contributed by atoms with Crippen LogP contribution in [0.1, 0.15) is 19.4 Å². The lowest BCUT2D eigenvalue weighted by atomic mass is 10.2. The average molecular weight is 262 g/mol. The summed E-state index contributed by atoms with van der Waals surface area (Å²) in [6, 6.07) is 7.35. The lowest BCUT2D eigenvalue weighted by molar-refractivity contribution is -0.128. The normalized spacial score (nSPS) is 9.42. The standard InChI is InChI=1S/C14H18N2O3/c1-10(2)8-13(17)15-16-14(18)9-19-12-6-4-11(3)5-7-12/h4-8H,9H2,1-3H3,(H,15,17)(H,16,18). The monoisotopic (exact) mass is 262 g/mol. The lowest BCUT2D eigenvalue weighted by Crippen LogP contribution is -2.43. The van der Waals surface area contributed by atoms with Gasteiger partial charge in [-0.2, -0.15) is 0 Å². The van der Waals surface area contributed by atoms with Crippen LogP contribution in [0.2, 0.25) is 0 Å². The summed E-state index contributed by atoms with van der Waals surface area (Å²) < 4.78 is 5.26. The number of allylic oxidation sites excluding steroid dienone is 1. The third kappa shape index (κ3) is 6.26. The van der Waals surface area contributed by atoms with Gasteiger partial charge in [-0.15, -0.1) is 0 Å². The van der Waals surface area contributed by atoms with E-state index in [0.29, 0.717) is 5.75 Å². The highest BCUT2D eigenvalue weighted by Crippen LogP contribution is 2.10. The molecule has 2 amide bonds. The SMILES string of the molecule is CC(C)=CC(=O)NNC(=O)COc1ccc(C)cc1. The molecule has 0 aliphatic carbocycles. The van der Waals surface area contributed by atoms with Crippen LogP contribution < -0.4 is 15.6 Å². The lowest BCUT2D eigenvalue weighted by Gasteiger charge is -2.07. The van der Waals surface area contributed by atoms with Gasteiger partial charge >= 0.3 is 0 Å². The smallest absolute Gasteiger partial charge is 0.276 e. The number of hydrogen-bond donors (Lipinski definition) is 2. The molecule has 0 fully saturated rings. The molecule has 2 N–H and O–H groups in total. The van der Waals surface area contributed by atoms with Crippen LogP contribution in [0.15, 0.2) is 35.9 Å². The minimum Gasteiger partial charge on any atom is -0.484 e. The first-order chi connectivity index (χ1) is 8.97. The molecule has 0 spiro atoms. The molecule has 5 nitrogen and oxygen atoms in total. The minimum atomic E-state index is -0.420. The summed E-state index contributed by atoms with van der Waals surface area (Å²) in [6.45, 7) is 5.40. The van der Waals surface area contributed by atoms with E-state index in [4.69, 9.17) is 4.74 Å². The Morgan fingerprint density at radius 3 is 2.37 bits per heavy atom. The van der Waals surface area contributed by atoms with Crippen molar-refractivity contribution in [2.75, 3.05) is 6.61 Å². The summed E-state index contributed by atoms with van der Waals surface area (Å²) in [4.78, 5) is 22.6. The summed E-state index contributed by atoms with van der Waals surface area (Å²) in [5.74, 6) is -0.184. The molecule has 0 unspecified atom stereocenters. The highest BCUT2D eigenvalue weighted by molar-refractivity contribution is 5.90. The Morgan fingerprint density at radius 2 is 1.79 bits per heavy atom. The maximum Gasteiger partial charge on any atom is 0.276 e. The van der Waals surface area contributed by atoms with Crippen molar-refractivity contribution in [3.8, 4) is 5.75 Å². The van der Waals surface area contributed by atoms with Crippen molar-refractivity contribution in [2.45, 2.75) is 20.8 Å². The van der Waals surface area contributed by atoms with Gasteiger partial charge in [-0.1, -0.05) is 23.3 Å². The summed E-state index contributed by atoms with van der Waals surface area (Å²) in [7, 11) is 0. The zero-order chi connectivity index (χ0) is 14.3. The van der Waals surface area contributed by atoms with E-state index in [9.17, 15) is 9.59 Å². The van der Waals surface area contributed by atoms with Crippen molar-refractivity contribution in [3.05, 3.63) is 41.5 Å². The van der Waals surface area contributed by atoms with Gasteiger partial charge < -0.3 is 4.74 Å². The van der Waals surface area contributed by atoms with Crippen molar-refractivity contribution in [3.63, 3.8) is 0 Å². The molecule has 0 aliphatic heterocycles. The van der Waals surface area contributed by atoms with Gasteiger partial charge in [0.1, 0.15) is 5.75 Å². The Hall–Kier alpha value is -2.30. The van der Waals surface area contributed by atoms with Gasteiger partial charge in [-0.25, -0.2) is 0 Å². The maximum absolute atomic E-state index is 11.4. The predicted molar refractivity (Wildman–Crippen MR) is 72.4 cm³/mol. The van der Waals surface area contributed by atoms with Crippen LogP contribution in [0, 0.1) is 6.92 Å². The van der Waals surface area contributed by atoms with Crippen LogP contribution in [0.25, 0.3) is 0 Å². The molecule has 0 radical (unpaired) electrons. The van der Waals surface area contributed by atoms with Gasteiger partial charge in [-0.05, 0) is 32.9 Å². The fourth-order valence-electron chi connectivity index (χ4n) is 1.25. The quantitative estimate of drug-likeness (QED) is 0.638. The van der Waals surface area contributed by atoms with Gasteiger partial charge in [-0.3, -0.25) is 20.4 Å². The first-order valence-electron chi connectivity index (χ1n) is 5.90. The van der Waals surface area contributed by atoms with E-state index in [1.165, 1.54) is 6.08 Å². The first-order valence-corrected chi connectivity index (χ1v) is 5.90. The Kier molecular flexibility index (Phi) is 5.60. The van der Waals surface area contributed by atoms with Crippen molar-refractivity contribution < 1.29 is 14.3 Å². The Bertz CT molecular complexity index is 474. The number of ether oxygens (including phenoxy) is 1. The molecule has 1 aromatic carbocycles. The van der Waals surface area contributed by atoms with Crippen molar-refractivity contribution in [2.24, 2.45) is 0 Å². The minimum absolute atomic E-state index is 0.155. The average Bonchev–Trinajstić information content (AvgIpc) is 2.35. The predicted octanol–water partition coefficient (Wildman–Crippen LogP) is 1.49. The summed E-state index contributed by atoms with van der Waals surface area (Å²) >= 11 is 0. The van der Waals surface area contributed by atoms with Gasteiger partial charge in [0, 0.05) is 6.08 Å². The molecule has 0 aromatic heterocycles. The zero-order valence-electron chi connectivity index (χ0n) is 11.3. The Labute approximate surface area is 112 Å². The number of rotatable bonds is 4. The number of amides is 2. The Balaban J connectivity index is 2.30. The molecule has 0 aliphatic rings. The summed E-state index contributed by atoms with van der Waals surface area (Å²) in [6.07, 6.45) is 1.39. The molecular formula is C14H18N2O3. The molecule has 0 saturated heterocycles. The molecule has 19 heavy (non-hydrogen) atoms. The van der Waals surface area contributed by atoms with Crippen LogP contribution in [0.4, 0.5) is 0 Å². The number of carbonyl (C=O) groups is 2.